The third kappa shape index (κ3) is 4.34. The summed E-state index contributed by atoms with van der Waals surface area (Å²) in [5.41, 5.74) is 0.744. The smallest absolute Gasteiger partial charge is 0.417 e. The molecular weight excluding hydrogens is 305 g/mol. The Morgan fingerprint density at radius 2 is 1.61 bits per heavy atom. The monoisotopic (exact) mass is 322 g/mol. The Labute approximate surface area is 132 Å². The fourth-order valence-electron chi connectivity index (χ4n) is 2.39. The van der Waals surface area contributed by atoms with Gasteiger partial charge in [-0.05, 0) is 29.7 Å². The van der Waals surface area contributed by atoms with Crippen molar-refractivity contribution in [2.24, 2.45) is 0 Å². The van der Waals surface area contributed by atoms with Crippen molar-refractivity contribution in [2.45, 2.75) is 25.9 Å². The van der Waals surface area contributed by atoms with E-state index in [1.54, 1.807) is 0 Å². The topological polar surface area (TPSA) is 26.3 Å². The van der Waals surface area contributed by atoms with Crippen LogP contribution in [0.15, 0.2) is 48.5 Å². The number of rotatable bonds is 5. The first kappa shape index (κ1) is 17.1. The summed E-state index contributed by atoms with van der Waals surface area (Å²) in [6, 6.07) is 12.4. The van der Waals surface area contributed by atoms with Crippen LogP contribution in [-0.2, 0) is 23.8 Å². The second-order valence-corrected chi connectivity index (χ2v) is 5.05. The summed E-state index contributed by atoms with van der Waals surface area (Å²) in [6.45, 7) is 2.06. The molecule has 5 heteroatoms. The van der Waals surface area contributed by atoms with Crippen molar-refractivity contribution in [3.8, 4) is 0 Å². The zero-order valence-corrected chi connectivity index (χ0v) is 12.7. The molecule has 0 radical (unpaired) electrons. The molecule has 0 aliphatic heterocycles. The lowest BCUT2D eigenvalue weighted by Gasteiger charge is -2.12. The molecule has 0 aromatic heterocycles. The summed E-state index contributed by atoms with van der Waals surface area (Å²) < 4.78 is 43.7. The van der Waals surface area contributed by atoms with Gasteiger partial charge in [0.05, 0.1) is 17.7 Å². The molecule has 0 unspecified atom stereocenters. The van der Waals surface area contributed by atoms with Gasteiger partial charge in [-0.1, -0.05) is 43.3 Å². The summed E-state index contributed by atoms with van der Waals surface area (Å²) in [4.78, 5) is 11.9. The van der Waals surface area contributed by atoms with Crippen LogP contribution in [0.3, 0.4) is 0 Å². The van der Waals surface area contributed by atoms with Crippen LogP contribution in [0.1, 0.15) is 34.0 Å². The molecule has 0 bridgehead atoms. The SMILES string of the molecule is CCc1ccccc1CCOC(=O)c1ccccc1C(F)(F)F. The van der Waals surface area contributed by atoms with E-state index in [2.05, 4.69) is 0 Å². The van der Waals surface area contributed by atoms with Crippen molar-refractivity contribution in [2.75, 3.05) is 6.61 Å². The van der Waals surface area contributed by atoms with Crippen LogP contribution in [0.25, 0.3) is 0 Å². The van der Waals surface area contributed by atoms with E-state index >= 15 is 0 Å². The lowest BCUT2D eigenvalue weighted by molar-refractivity contribution is -0.138. The molecule has 122 valence electrons. The van der Waals surface area contributed by atoms with E-state index < -0.39 is 23.3 Å². The Hall–Kier alpha value is -2.30. The predicted octanol–water partition coefficient (Wildman–Crippen LogP) is 4.67. The van der Waals surface area contributed by atoms with Crippen molar-refractivity contribution >= 4 is 5.97 Å². The van der Waals surface area contributed by atoms with Crippen LogP contribution in [0.5, 0.6) is 0 Å². The molecule has 0 aliphatic carbocycles. The number of alkyl halides is 3. The molecular formula is C18H17F3O2. The van der Waals surface area contributed by atoms with Gasteiger partial charge in [-0.3, -0.25) is 0 Å². The molecule has 23 heavy (non-hydrogen) atoms. The maximum atomic E-state index is 12.9. The number of hydrogen-bond acceptors (Lipinski definition) is 2. The number of carbonyl (C=O) groups is 1. The van der Waals surface area contributed by atoms with Gasteiger partial charge in [0.15, 0.2) is 0 Å². The largest absolute Gasteiger partial charge is 0.462 e. The molecule has 2 nitrogen and oxygen atoms in total. The highest BCUT2D eigenvalue weighted by Crippen LogP contribution is 2.32. The van der Waals surface area contributed by atoms with Crippen molar-refractivity contribution in [3.05, 3.63) is 70.8 Å². The fraction of sp³-hybridized carbons (Fsp3) is 0.278. The molecule has 0 spiro atoms. The van der Waals surface area contributed by atoms with Gasteiger partial charge in [0, 0.05) is 6.42 Å². The lowest BCUT2D eigenvalue weighted by atomic mass is 10.0. The van der Waals surface area contributed by atoms with Gasteiger partial charge < -0.3 is 4.74 Å². The second-order valence-electron chi connectivity index (χ2n) is 5.05. The minimum absolute atomic E-state index is 0.0437. The zero-order chi connectivity index (χ0) is 16.9. The number of benzene rings is 2. The van der Waals surface area contributed by atoms with Gasteiger partial charge in [-0.15, -0.1) is 0 Å². The Bertz CT molecular complexity index is 678. The summed E-state index contributed by atoms with van der Waals surface area (Å²) in [5.74, 6) is -0.952. The Morgan fingerprint density at radius 1 is 1.00 bits per heavy atom. The maximum absolute atomic E-state index is 12.9. The molecule has 0 atom stereocenters. The molecule has 0 saturated heterocycles. The Balaban J connectivity index is 2.04. The van der Waals surface area contributed by atoms with Gasteiger partial charge in [0.2, 0.25) is 0 Å². The number of halogens is 3. The average molecular weight is 322 g/mol. The third-order valence-corrected chi connectivity index (χ3v) is 3.56. The molecule has 0 heterocycles. The van der Waals surface area contributed by atoms with Gasteiger partial charge in [-0.2, -0.15) is 13.2 Å². The fourth-order valence-corrected chi connectivity index (χ4v) is 2.39. The van der Waals surface area contributed by atoms with E-state index in [4.69, 9.17) is 4.74 Å². The van der Waals surface area contributed by atoms with Gasteiger partial charge in [0.1, 0.15) is 0 Å². The van der Waals surface area contributed by atoms with E-state index in [1.165, 1.54) is 12.1 Å². The van der Waals surface area contributed by atoms with E-state index in [0.29, 0.717) is 6.42 Å². The van der Waals surface area contributed by atoms with Crippen LogP contribution in [0.2, 0.25) is 0 Å². The van der Waals surface area contributed by atoms with E-state index in [0.717, 1.165) is 29.7 Å². The minimum atomic E-state index is -4.58. The standard InChI is InChI=1S/C18H17F3O2/c1-2-13-7-3-4-8-14(13)11-12-23-17(22)15-9-5-6-10-16(15)18(19,20)21/h3-10H,2,11-12H2,1H3. The van der Waals surface area contributed by atoms with E-state index in [-0.39, 0.29) is 6.61 Å². The molecule has 0 saturated carbocycles. The second kappa shape index (κ2) is 7.31. The normalized spacial score (nSPS) is 11.3. The van der Waals surface area contributed by atoms with Gasteiger partial charge >= 0.3 is 12.1 Å². The summed E-state index contributed by atoms with van der Waals surface area (Å²) in [7, 11) is 0. The number of aryl methyl sites for hydroxylation is 1. The molecule has 0 aliphatic rings. The molecule has 0 fully saturated rings. The molecule has 0 amide bonds. The zero-order valence-electron chi connectivity index (χ0n) is 12.7. The van der Waals surface area contributed by atoms with Crippen molar-refractivity contribution in [3.63, 3.8) is 0 Å². The number of hydrogen-bond donors (Lipinski definition) is 0. The molecule has 2 aromatic rings. The summed E-state index contributed by atoms with van der Waals surface area (Å²) in [5, 5.41) is 0. The van der Waals surface area contributed by atoms with Gasteiger partial charge in [-0.25, -0.2) is 4.79 Å². The van der Waals surface area contributed by atoms with E-state index in [1.807, 2.05) is 31.2 Å². The first-order valence-electron chi connectivity index (χ1n) is 7.33. The summed E-state index contributed by atoms with van der Waals surface area (Å²) >= 11 is 0. The lowest BCUT2D eigenvalue weighted by Crippen LogP contribution is -2.16. The predicted molar refractivity (Wildman–Crippen MR) is 81.3 cm³/mol. The van der Waals surface area contributed by atoms with Crippen molar-refractivity contribution in [1.82, 2.24) is 0 Å². The highest BCUT2D eigenvalue weighted by molar-refractivity contribution is 5.91. The first-order valence-corrected chi connectivity index (χ1v) is 7.33. The summed E-state index contributed by atoms with van der Waals surface area (Å²) in [6.07, 6.45) is -3.25. The number of esters is 1. The van der Waals surface area contributed by atoms with Gasteiger partial charge in [0.25, 0.3) is 0 Å². The molecule has 0 N–H and O–H groups in total. The number of carbonyl (C=O) groups excluding carboxylic acids is 1. The number of ether oxygens (including phenoxy) is 1. The van der Waals surface area contributed by atoms with Crippen LogP contribution >= 0.6 is 0 Å². The Morgan fingerprint density at radius 3 is 2.26 bits per heavy atom. The van der Waals surface area contributed by atoms with Crippen LogP contribution in [0, 0.1) is 0 Å². The first-order chi connectivity index (χ1) is 10.9. The third-order valence-electron chi connectivity index (χ3n) is 3.56. The maximum Gasteiger partial charge on any atom is 0.417 e. The minimum Gasteiger partial charge on any atom is -0.462 e. The van der Waals surface area contributed by atoms with Crippen LogP contribution < -0.4 is 0 Å². The quantitative estimate of drug-likeness (QED) is 0.748. The average Bonchev–Trinajstić information content (AvgIpc) is 2.54. The highest BCUT2D eigenvalue weighted by Gasteiger charge is 2.35. The molecule has 2 aromatic carbocycles. The van der Waals surface area contributed by atoms with E-state index in [9.17, 15) is 18.0 Å². The van der Waals surface area contributed by atoms with Crippen molar-refractivity contribution in [1.29, 1.82) is 0 Å². The van der Waals surface area contributed by atoms with Crippen LogP contribution in [-0.4, -0.2) is 12.6 Å². The molecule has 2 rings (SSSR count). The van der Waals surface area contributed by atoms with Crippen molar-refractivity contribution < 1.29 is 22.7 Å². The highest BCUT2D eigenvalue weighted by atomic mass is 19.4. The Kier molecular flexibility index (Phi) is 5.42. The van der Waals surface area contributed by atoms with Crippen LogP contribution in [0.4, 0.5) is 13.2 Å².